The summed E-state index contributed by atoms with van der Waals surface area (Å²) in [6.07, 6.45) is 8.66. The van der Waals surface area contributed by atoms with Crippen LogP contribution in [0.1, 0.15) is 75.8 Å². The minimum Gasteiger partial charge on any atom is -0.427 e. The maximum atomic E-state index is 13.4. The molecule has 4 rings (SSSR count). The Morgan fingerprint density at radius 1 is 1.31 bits per heavy atom. The number of fused-ring (bicyclic) bond motifs is 5. The lowest BCUT2D eigenvalue weighted by molar-refractivity contribution is -0.134. The number of aryl methyl sites for hydroxylation is 1. The largest absolute Gasteiger partial charge is 0.427 e. The third kappa shape index (κ3) is 2.80. The minimum absolute atomic E-state index is 0.0725. The highest BCUT2D eigenvalue weighted by atomic mass is 19.1. The lowest BCUT2D eigenvalue weighted by Gasteiger charge is -2.49. The summed E-state index contributed by atoms with van der Waals surface area (Å²) in [5, 5.41) is 0. The molecule has 3 aliphatic carbocycles. The average Bonchev–Trinajstić information content (AvgIpc) is 2.97. The normalized spacial score (nSPS) is 34.1. The Kier molecular flexibility index (Phi) is 4.66. The fraction of sp³-hybridized carbons (Fsp3) is 0.609. The first-order chi connectivity index (χ1) is 12.6. The van der Waals surface area contributed by atoms with Crippen LogP contribution in [0.25, 0.3) is 0 Å². The van der Waals surface area contributed by atoms with Crippen LogP contribution in [0.2, 0.25) is 0 Å². The number of hydrogen-bond donors (Lipinski definition) is 0. The summed E-state index contributed by atoms with van der Waals surface area (Å²) in [5.41, 5.74) is 3.90. The number of carbonyl (C=O) groups excluding carboxylic acids is 1. The molecule has 1 aromatic carbocycles. The Labute approximate surface area is 155 Å². The van der Waals surface area contributed by atoms with Crippen molar-refractivity contribution in [2.45, 2.75) is 71.1 Å². The molecule has 4 atom stereocenters. The summed E-state index contributed by atoms with van der Waals surface area (Å²) >= 11 is 0. The molecule has 0 aliphatic heterocycles. The number of carbonyl (C=O) groups is 1. The van der Waals surface area contributed by atoms with Crippen LogP contribution in [0, 0.1) is 17.3 Å². The molecule has 3 aliphatic rings. The number of ether oxygens (including phenoxy) is 1. The number of halogens is 1. The van der Waals surface area contributed by atoms with Crippen LogP contribution >= 0.6 is 0 Å². The molecule has 0 unspecified atom stereocenters. The van der Waals surface area contributed by atoms with E-state index in [9.17, 15) is 9.18 Å². The van der Waals surface area contributed by atoms with Gasteiger partial charge >= 0.3 is 5.97 Å². The van der Waals surface area contributed by atoms with E-state index in [1.807, 2.05) is 13.0 Å². The van der Waals surface area contributed by atoms with E-state index in [0.717, 1.165) is 50.4 Å². The Bertz CT molecular complexity index is 738. The summed E-state index contributed by atoms with van der Waals surface area (Å²) in [6.45, 7) is 4.27. The zero-order valence-corrected chi connectivity index (χ0v) is 15.9. The van der Waals surface area contributed by atoms with Crippen molar-refractivity contribution < 1.29 is 13.9 Å². The van der Waals surface area contributed by atoms with Crippen LogP contribution in [-0.2, 0) is 11.2 Å². The number of allylic oxidation sites excluding steroid dienone is 1. The topological polar surface area (TPSA) is 26.3 Å². The molecule has 0 aromatic heterocycles. The van der Waals surface area contributed by atoms with Gasteiger partial charge in [-0.2, -0.15) is 0 Å². The molecule has 2 saturated carbocycles. The van der Waals surface area contributed by atoms with E-state index in [-0.39, 0.29) is 11.4 Å². The van der Waals surface area contributed by atoms with Gasteiger partial charge in [0.05, 0.1) is 6.33 Å². The summed E-state index contributed by atoms with van der Waals surface area (Å²) in [5.74, 6) is 2.39. The molecule has 0 bridgehead atoms. The standard InChI is InChI=1S/C23H29FO2/c1-3-4-22(25)26-17-7-9-18-15(13-17)5-8-20-19(18)11-12-23(2)16(14-24)6-10-21(20)23/h7,9,13-14,19-21H,3-6,8,10-12H2,1-2H3/t19-,20-,21+,23-/m1/s1. The molecule has 0 N–H and O–H groups in total. The van der Waals surface area contributed by atoms with E-state index in [4.69, 9.17) is 4.74 Å². The van der Waals surface area contributed by atoms with E-state index in [1.54, 1.807) is 0 Å². The van der Waals surface area contributed by atoms with Crippen LogP contribution < -0.4 is 4.74 Å². The molecule has 0 saturated heterocycles. The maximum Gasteiger partial charge on any atom is 0.311 e. The van der Waals surface area contributed by atoms with Crippen molar-refractivity contribution in [2.75, 3.05) is 0 Å². The molecule has 140 valence electrons. The molecule has 2 fully saturated rings. The van der Waals surface area contributed by atoms with Gasteiger partial charge < -0.3 is 4.74 Å². The van der Waals surface area contributed by atoms with E-state index < -0.39 is 0 Å². The van der Waals surface area contributed by atoms with Gasteiger partial charge in [-0.15, -0.1) is 0 Å². The van der Waals surface area contributed by atoms with Crippen molar-refractivity contribution in [1.82, 2.24) is 0 Å². The number of benzene rings is 1. The Morgan fingerprint density at radius 3 is 2.92 bits per heavy atom. The van der Waals surface area contributed by atoms with Crippen molar-refractivity contribution in [3.8, 4) is 5.75 Å². The quantitative estimate of drug-likeness (QED) is 0.483. The van der Waals surface area contributed by atoms with Crippen LogP contribution in [0.4, 0.5) is 4.39 Å². The number of rotatable bonds is 3. The fourth-order valence-electron chi connectivity index (χ4n) is 6.04. The van der Waals surface area contributed by atoms with Crippen molar-refractivity contribution in [2.24, 2.45) is 17.3 Å². The second-order valence-corrected chi connectivity index (χ2v) is 8.63. The fourth-order valence-corrected chi connectivity index (χ4v) is 6.04. The lowest BCUT2D eigenvalue weighted by atomic mass is 9.55. The average molecular weight is 356 g/mol. The molecular weight excluding hydrogens is 327 g/mol. The van der Waals surface area contributed by atoms with E-state index >= 15 is 0 Å². The van der Waals surface area contributed by atoms with E-state index in [2.05, 4.69) is 19.1 Å². The van der Waals surface area contributed by atoms with Crippen LogP contribution in [-0.4, -0.2) is 5.97 Å². The molecule has 0 amide bonds. The second kappa shape index (κ2) is 6.83. The van der Waals surface area contributed by atoms with Gasteiger partial charge in [0, 0.05) is 6.42 Å². The van der Waals surface area contributed by atoms with E-state index in [0.29, 0.717) is 29.9 Å². The first kappa shape index (κ1) is 17.8. The van der Waals surface area contributed by atoms with Gasteiger partial charge in [-0.1, -0.05) is 19.9 Å². The Hall–Kier alpha value is -1.64. The van der Waals surface area contributed by atoms with Crippen molar-refractivity contribution in [3.63, 3.8) is 0 Å². The molecule has 1 aromatic rings. The predicted molar refractivity (Wildman–Crippen MR) is 101 cm³/mol. The molecule has 0 radical (unpaired) electrons. The zero-order valence-electron chi connectivity index (χ0n) is 15.9. The van der Waals surface area contributed by atoms with Gasteiger partial charge in [-0.3, -0.25) is 4.79 Å². The summed E-state index contributed by atoms with van der Waals surface area (Å²) in [6, 6.07) is 6.23. The molecule has 0 heterocycles. The zero-order chi connectivity index (χ0) is 18.3. The molecular formula is C23H29FO2. The van der Waals surface area contributed by atoms with Crippen molar-refractivity contribution >= 4 is 5.97 Å². The summed E-state index contributed by atoms with van der Waals surface area (Å²) < 4.78 is 18.9. The first-order valence-electron chi connectivity index (χ1n) is 10.2. The molecule has 0 spiro atoms. The van der Waals surface area contributed by atoms with Gasteiger partial charge in [-0.25, -0.2) is 4.39 Å². The van der Waals surface area contributed by atoms with Crippen molar-refractivity contribution in [3.05, 3.63) is 41.2 Å². The third-order valence-corrected chi connectivity index (χ3v) is 7.36. The maximum absolute atomic E-state index is 13.4. The van der Waals surface area contributed by atoms with Gasteiger partial charge in [0.15, 0.2) is 0 Å². The molecule has 26 heavy (non-hydrogen) atoms. The van der Waals surface area contributed by atoms with Crippen LogP contribution in [0.3, 0.4) is 0 Å². The highest BCUT2D eigenvalue weighted by Gasteiger charge is 2.52. The van der Waals surface area contributed by atoms with Gasteiger partial charge in [0.25, 0.3) is 0 Å². The highest BCUT2D eigenvalue weighted by molar-refractivity contribution is 5.72. The summed E-state index contributed by atoms with van der Waals surface area (Å²) in [4.78, 5) is 11.8. The molecule has 3 heteroatoms. The van der Waals surface area contributed by atoms with Gasteiger partial charge in [0.1, 0.15) is 5.75 Å². The lowest BCUT2D eigenvalue weighted by Crippen LogP contribution is -2.40. The van der Waals surface area contributed by atoms with Crippen molar-refractivity contribution in [1.29, 1.82) is 0 Å². The number of esters is 1. The monoisotopic (exact) mass is 356 g/mol. The van der Waals surface area contributed by atoms with Crippen LogP contribution in [0.15, 0.2) is 30.1 Å². The van der Waals surface area contributed by atoms with Gasteiger partial charge in [0.2, 0.25) is 0 Å². The molecule has 2 nitrogen and oxygen atoms in total. The summed E-state index contributed by atoms with van der Waals surface area (Å²) in [7, 11) is 0. The Balaban J connectivity index is 1.57. The highest BCUT2D eigenvalue weighted by Crippen LogP contribution is 2.62. The Morgan fingerprint density at radius 2 is 2.15 bits per heavy atom. The minimum atomic E-state index is -0.147. The van der Waals surface area contributed by atoms with E-state index in [1.165, 1.54) is 17.5 Å². The van der Waals surface area contributed by atoms with Crippen LogP contribution in [0.5, 0.6) is 5.75 Å². The smallest absolute Gasteiger partial charge is 0.311 e. The van der Waals surface area contributed by atoms with Gasteiger partial charge in [-0.05, 0) is 96.9 Å². The predicted octanol–water partition coefficient (Wildman–Crippen LogP) is 6.10. The number of hydrogen-bond acceptors (Lipinski definition) is 2. The third-order valence-electron chi connectivity index (χ3n) is 7.36. The first-order valence-corrected chi connectivity index (χ1v) is 10.2. The SMILES string of the molecule is CCCC(=O)Oc1ccc2c(c1)CC[C@@H]1[C@@H]2CC[C@]2(C)C(=CF)CC[C@@H]12. The second-order valence-electron chi connectivity index (χ2n) is 8.63.